The van der Waals surface area contributed by atoms with Gasteiger partial charge in [0, 0.05) is 5.56 Å². The first-order chi connectivity index (χ1) is 6.66. The summed E-state index contributed by atoms with van der Waals surface area (Å²) in [6, 6.07) is 2.11. The summed E-state index contributed by atoms with van der Waals surface area (Å²) in [6.45, 7) is 4.37. The monoisotopic (exact) mass is 303 g/mol. The van der Waals surface area contributed by atoms with Crippen molar-refractivity contribution in [3.05, 3.63) is 21.5 Å². The fraction of sp³-hybridized carbons (Fsp3) is 0.545. The van der Waals surface area contributed by atoms with Crippen molar-refractivity contribution < 1.29 is 4.74 Å². The van der Waals surface area contributed by atoms with E-state index in [-0.39, 0.29) is 0 Å². The Hall–Kier alpha value is -0.320. The van der Waals surface area contributed by atoms with E-state index in [0.717, 1.165) is 9.45 Å². The number of pyridine rings is 1. The molecule has 2 nitrogen and oxygen atoms in total. The van der Waals surface area contributed by atoms with Crippen LogP contribution >= 0.6 is 22.6 Å². The standard InChI is InChI=1S/C11H14INO/c1-7(2)9-5-11(12)13-6-10(9)14-8-3-4-8/h5-8H,3-4H2,1-2H3. The third-order valence-corrected chi connectivity index (χ3v) is 2.89. The van der Waals surface area contributed by atoms with Crippen molar-refractivity contribution in [2.75, 3.05) is 0 Å². The number of aromatic nitrogens is 1. The molecule has 0 N–H and O–H groups in total. The summed E-state index contributed by atoms with van der Waals surface area (Å²) in [5.41, 5.74) is 1.27. The lowest BCUT2D eigenvalue weighted by Gasteiger charge is -2.13. The maximum absolute atomic E-state index is 5.81. The molecule has 2 rings (SSSR count). The number of hydrogen-bond acceptors (Lipinski definition) is 2. The van der Waals surface area contributed by atoms with Gasteiger partial charge in [-0.25, -0.2) is 4.98 Å². The predicted octanol–water partition coefficient (Wildman–Crippen LogP) is 3.35. The van der Waals surface area contributed by atoms with Crippen molar-refractivity contribution >= 4 is 22.6 Å². The van der Waals surface area contributed by atoms with Gasteiger partial charge in [0.2, 0.25) is 0 Å². The molecule has 1 saturated carbocycles. The van der Waals surface area contributed by atoms with E-state index in [4.69, 9.17) is 4.74 Å². The van der Waals surface area contributed by atoms with E-state index in [1.54, 1.807) is 0 Å². The van der Waals surface area contributed by atoms with Crippen LogP contribution in [0.15, 0.2) is 12.3 Å². The quantitative estimate of drug-likeness (QED) is 0.631. The van der Waals surface area contributed by atoms with Gasteiger partial charge in [-0.2, -0.15) is 0 Å². The summed E-state index contributed by atoms with van der Waals surface area (Å²) in [4.78, 5) is 4.26. The van der Waals surface area contributed by atoms with Crippen LogP contribution in [0, 0.1) is 3.70 Å². The Labute approximate surface area is 98.2 Å². The summed E-state index contributed by atoms with van der Waals surface area (Å²) >= 11 is 2.24. The molecule has 0 aliphatic heterocycles. The molecule has 1 aliphatic carbocycles. The van der Waals surface area contributed by atoms with Gasteiger partial charge in [0.05, 0.1) is 12.3 Å². The highest BCUT2D eigenvalue weighted by atomic mass is 127. The van der Waals surface area contributed by atoms with Crippen LogP contribution in [-0.2, 0) is 0 Å². The lowest BCUT2D eigenvalue weighted by Crippen LogP contribution is -2.02. The molecule has 3 heteroatoms. The van der Waals surface area contributed by atoms with Crippen LogP contribution in [-0.4, -0.2) is 11.1 Å². The highest BCUT2D eigenvalue weighted by Gasteiger charge is 2.25. The van der Waals surface area contributed by atoms with E-state index >= 15 is 0 Å². The molecule has 0 aromatic carbocycles. The average molecular weight is 303 g/mol. The topological polar surface area (TPSA) is 22.1 Å². The van der Waals surface area contributed by atoms with E-state index in [1.807, 2.05) is 6.20 Å². The minimum Gasteiger partial charge on any atom is -0.489 e. The van der Waals surface area contributed by atoms with Crippen molar-refractivity contribution in [1.29, 1.82) is 0 Å². The molecular weight excluding hydrogens is 289 g/mol. The minimum absolute atomic E-state index is 0.453. The van der Waals surface area contributed by atoms with Gasteiger partial charge in [-0.1, -0.05) is 13.8 Å². The zero-order chi connectivity index (χ0) is 10.1. The molecule has 0 unspecified atom stereocenters. The van der Waals surface area contributed by atoms with Gasteiger partial charge in [0.25, 0.3) is 0 Å². The fourth-order valence-corrected chi connectivity index (χ4v) is 1.82. The fourth-order valence-electron chi connectivity index (χ4n) is 1.35. The summed E-state index contributed by atoms with van der Waals surface area (Å²) in [6.07, 6.45) is 4.71. The van der Waals surface area contributed by atoms with E-state index in [2.05, 4.69) is 47.5 Å². The highest BCUT2D eigenvalue weighted by molar-refractivity contribution is 14.1. The molecule has 76 valence electrons. The SMILES string of the molecule is CC(C)c1cc(I)ncc1OC1CC1. The molecule has 0 saturated heterocycles. The largest absolute Gasteiger partial charge is 0.489 e. The first kappa shape index (κ1) is 10.2. The predicted molar refractivity (Wildman–Crippen MR) is 64.7 cm³/mol. The second-order valence-electron chi connectivity index (χ2n) is 4.02. The molecule has 0 amide bonds. The maximum Gasteiger partial charge on any atom is 0.141 e. The Kier molecular flexibility index (Phi) is 2.95. The summed E-state index contributed by atoms with van der Waals surface area (Å²) in [5, 5.41) is 0. The lowest BCUT2D eigenvalue weighted by molar-refractivity contribution is 0.297. The molecule has 1 heterocycles. The number of rotatable bonds is 3. The minimum atomic E-state index is 0.453. The zero-order valence-electron chi connectivity index (χ0n) is 8.46. The van der Waals surface area contributed by atoms with Crippen LogP contribution in [0.5, 0.6) is 5.75 Å². The van der Waals surface area contributed by atoms with Gasteiger partial charge in [-0.3, -0.25) is 0 Å². The summed E-state index contributed by atoms with van der Waals surface area (Å²) in [5.74, 6) is 1.48. The molecule has 14 heavy (non-hydrogen) atoms. The first-order valence-corrected chi connectivity index (χ1v) is 6.07. The van der Waals surface area contributed by atoms with E-state index in [1.165, 1.54) is 18.4 Å². The van der Waals surface area contributed by atoms with Crippen molar-refractivity contribution in [3.63, 3.8) is 0 Å². The molecule has 1 aromatic heterocycles. The Morgan fingerprint density at radius 3 is 2.79 bits per heavy atom. The average Bonchev–Trinajstić information content (AvgIpc) is 2.91. The van der Waals surface area contributed by atoms with Gasteiger partial charge >= 0.3 is 0 Å². The molecule has 0 spiro atoms. The second-order valence-corrected chi connectivity index (χ2v) is 5.12. The Morgan fingerprint density at radius 1 is 1.50 bits per heavy atom. The van der Waals surface area contributed by atoms with Crippen LogP contribution in [0.1, 0.15) is 38.2 Å². The molecule has 0 radical (unpaired) electrons. The van der Waals surface area contributed by atoms with E-state index in [0.29, 0.717) is 12.0 Å². The molecular formula is C11H14INO. The molecule has 0 bridgehead atoms. The van der Waals surface area contributed by atoms with Gasteiger partial charge in [-0.05, 0) is 47.4 Å². The Bertz CT molecular complexity index is 334. The summed E-state index contributed by atoms with van der Waals surface area (Å²) < 4.78 is 6.84. The maximum atomic E-state index is 5.81. The van der Waals surface area contributed by atoms with Gasteiger partial charge in [-0.15, -0.1) is 0 Å². The van der Waals surface area contributed by atoms with Gasteiger partial charge < -0.3 is 4.74 Å². The van der Waals surface area contributed by atoms with Crippen molar-refractivity contribution in [2.24, 2.45) is 0 Å². The lowest BCUT2D eigenvalue weighted by atomic mass is 10.0. The smallest absolute Gasteiger partial charge is 0.141 e. The molecule has 1 fully saturated rings. The summed E-state index contributed by atoms with van der Waals surface area (Å²) in [7, 11) is 0. The van der Waals surface area contributed by atoms with Crippen molar-refractivity contribution in [2.45, 2.75) is 38.7 Å². The van der Waals surface area contributed by atoms with Crippen LogP contribution < -0.4 is 4.74 Å². The van der Waals surface area contributed by atoms with Crippen molar-refractivity contribution in [1.82, 2.24) is 4.98 Å². The van der Waals surface area contributed by atoms with E-state index in [9.17, 15) is 0 Å². The third kappa shape index (κ3) is 2.38. The number of halogens is 1. The second kappa shape index (κ2) is 4.04. The number of hydrogen-bond donors (Lipinski definition) is 0. The molecule has 0 atom stereocenters. The zero-order valence-corrected chi connectivity index (χ0v) is 10.6. The van der Waals surface area contributed by atoms with Gasteiger partial charge in [0.15, 0.2) is 0 Å². The van der Waals surface area contributed by atoms with Gasteiger partial charge in [0.1, 0.15) is 9.45 Å². The van der Waals surface area contributed by atoms with Crippen LogP contribution in [0.2, 0.25) is 0 Å². The first-order valence-electron chi connectivity index (χ1n) is 4.99. The van der Waals surface area contributed by atoms with E-state index < -0.39 is 0 Å². The van der Waals surface area contributed by atoms with Crippen LogP contribution in [0.25, 0.3) is 0 Å². The molecule has 1 aliphatic rings. The highest BCUT2D eigenvalue weighted by Crippen LogP contribution is 2.32. The third-order valence-electron chi connectivity index (χ3n) is 2.30. The van der Waals surface area contributed by atoms with Crippen LogP contribution in [0.4, 0.5) is 0 Å². The normalized spacial score (nSPS) is 16.0. The number of nitrogens with zero attached hydrogens (tertiary/aromatic N) is 1. The Morgan fingerprint density at radius 2 is 2.21 bits per heavy atom. The molecule has 1 aromatic rings. The van der Waals surface area contributed by atoms with Crippen molar-refractivity contribution in [3.8, 4) is 5.75 Å². The number of ether oxygens (including phenoxy) is 1. The Balaban J connectivity index is 2.26. The van der Waals surface area contributed by atoms with Crippen LogP contribution in [0.3, 0.4) is 0 Å².